The molecule has 0 saturated carbocycles. The predicted octanol–water partition coefficient (Wildman–Crippen LogP) is 1.57. The predicted molar refractivity (Wildman–Crippen MR) is 70.3 cm³/mol. The minimum atomic E-state index is 0.0189. The Balaban J connectivity index is 2.32. The molecule has 0 atom stereocenters. The lowest BCUT2D eigenvalue weighted by Crippen LogP contribution is -2.23. The second-order valence-corrected chi connectivity index (χ2v) is 4.67. The number of rotatable bonds is 2. The Morgan fingerprint density at radius 3 is 2.53 bits per heavy atom. The Morgan fingerprint density at radius 2 is 1.94 bits per heavy atom. The van der Waals surface area contributed by atoms with Gasteiger partial charge in [-0.25, -0.2) is 0 Å². The van der Waals surface area contributed by atoms with Gasteiger partial charge in [-0.05, 0) is 31.0 Å². The lowest BCUT2D eigenvalue weighted by Gasteiger charge is -2.21. The van der Waals surface area contributed by atoms with Gasteiger partial charge < -0.3 is 15.5 Å². The molecule has 0 radical (unpaired) electrons. The van der Waals surface area contributed by atoms with Crippen LogP contribution < -0.4 is 10.6 Å². The smallest absolute Gasteiger partial charge is 0.253 e. The first-order chi connectivity index (χ1) is 8.09. The van der Waals surface area contributed by atoms with E-state index in [1.165, 1.54) is 12.8 Å². The fourth-order valence-electron chi connectivity index (χ4n) is 2.17. The molecular formula is C13H19N3O. The van der Waals surface area contributed by atoms with Crippen LogP contribution in [0, 0.1) is 0 Å². The number of hydrogen-bond donors (Lipinski definition) is 1. The van der Waals surface area contributed by atoms with E-state index in [1.54, 1.807) is 25.1 Å². The van der Waals surface area contributed by atoms with Gasteiger partial charge in [-0.2, -0.15) is 0 Å². The van der Waals surface area contributed by atoms with Crippen LogP contribution in [0.2, 0.25) is 0 Å². The van der Waals surface area contributed by atoms with Gasteiger partial charge in [0.05, 0.1) is 11.4 Å². The van der Waals surface area contributed by atoms with E-state index in [1.807, 2.05) is 12.1 Å². The summed E-state index contributed by atoms with van der Waals surface area (Å²) in [5.74, 6) is 0.0189. The van der Waals surface area contributed by atoms with Gasteiger partial charge in [0.2, 0.25) is 0 Å². The van der Waals surface area contributed by atoms with Crippen LogP contribution in [0.15, 0.2) is 18.2 Å². The number of benzene rings is 1. The van der Waals surface area contributed by atoms with E-state index in [-0.39, 0.29) is 5.91 Å². The van der Waals surface area contributed by atoms with Gasteiger partial charge in [0.15, 0.2) is 0 Å². The topological polar surface area (TPSA) is 49.6 Å². The third kappa shape index (κ3) is 2.35. The summed E-state index contributed by atoms with van der Waals surface area (Å²) in [6.45, 7) is 2.06. The summed E-state index contributed by atoms with van der Waals surface area (Å²) in [7, 11) is 3.52. The number of nitrogens with zero attached hydrogens (tertiary/aromatic N) is 2. The molecule has 0 spiro atoms. The second-order valence-electron chi connectivity index (χ2n) is 4.67. The molecule has 1 heterocycles. The molecule has 2 rings (SSSR count). The van der Waals surface area contributed by atoms with E-state index in [2.05, 4.69) is 4.90 Å². The van der Waals surface area contributed by atoms with E-state index in [4.69, 9.17) is 5.73 Å². The molecule has 1 amide bonds. The van der Waals surface area contributed by atoms with Crippen LogP contribution in [-0.2, 0) is 0 Å². The second kappa shape index (κ2) is 4.65. The quantitative estimate of drug-likeness (QED) is 0.789. The molecule has 1 aliphatic rings. The Hall–Kier alpha value is -1.71. The van der Waals surface area contributed by atoms with Gasteiger partial charge >= 0.3 is 0 Å². The van der Waals surface area contributed by atoms with Gasteiger partial charge in [-0.1, -0.05) is 0 Å². The Kier molecular flexibility index (Phi) is 3.22. The van der Waals surface area contributed by atoms with Crippen LogP contribution in [0.3, 0.4) is 0 Å². The molecule has 1 saturated heterocycles. The fourth-order valence-corrected chi connectivity index (χ4v) is 2.17. The van der Waals surface area contributed by atoms with Crippen molar-refractivity contribution in [2.45, 2.75) is 12.8 Å². The van der Waals surface area contributed by atoms with Crippen molar-refractivity contribution in [2.24, 2.45) is 0 Å². The summed E-state index contributed by atoms with van der Waals surface area (Å²) in [5.41, 5.74) is 8.43. The van der Waals surface area contributed by atoms with Gasteiger partial charge in [-0.15, -0.1) is 0 Å². The molecule has 0 aliphatic carbocycles. The van der Waals surface area contributed by atoms with Crippen LogP contribution in [0.4, 0.5) is 11.4 Å². The van der Waals surface area contributed by atoms with E-state index < -0.39 is 0 Å². The zero-order valence-electron chi connectivity index (χ0n) is 10.4. The summed E-state index contributed by atoms with van der Waals surface area (Å²) in [5, 5.41) is 0. The van der Waals surface area contributed by atoms with E-state index in [0.717, 1.165) is 24.5 Å². The molecule has 0 bridgehead atoms. The third-order valence-corrected chi connectivity index (χ3v) is 3.13. The molecule has 4 nitrogen and oxygen atoms in total. The summed E-state index contributed by atoms with van der Waals surface area (Å²) >= 11 is 0. The van der Waals surface area contributed by atoms with Crippen molar-refractivity contribution in [3.63, 3.8) is 0 Å². The number of hydrogen-bond acceptors (Lipinski definition) is 3. The van der Waals surface area contributed by atoms with Crippen molar-refractivity contribution in [2.75, 3.05) is 37.8 Å². The monoisotopic (exact) mass is 233 g/mol. The van der Waals surface area contributed by atoms with Crippen molar-refractivity contribution < 1.29 is 4.79 Å². The molecule has 2 N–H and O–H groups in total. The summed E-state index contributed by atoms with van der Waals surface area (Å²) in [6.07, 6.45) is 2.40. The van der Waals surface area contributed by atoms with Gasteiger partial charge in [0.25, 0.3) is 5.91 Å². The number of carbonyl (C=O) groups is 1. The molecule has 0 unspecified atom stereocenters. The average molecular weight is 233 g/mol. The average Bonchev–Trinajstić information content (AvgIpc) is 2.82. The molecule has 1 fully saturated rings. The van der Waals surface area contributed by atoms with E-state index in [9.17, 15) is 4.79 Å². The van der Waals surface area contributed by atoms with Crippen molar-refractivity contribution in [3.05, 3.63) is 23.8 Å². The van der Waals surface area contributed by atoms with Crippen molar-refractivity contribution in [3.8, 4) is 0 Å². The zero-order valence-corrected chi connectivity index (χ0v) is 10.4. The zero-order chi connectivity index (χ0) is 12.4. The number of carbonyl (C=O) groups excluding carboxylic acids is 1. The maximum atomic E-state index is 11.9. The normalized spacial score (nSPS) is 15.1. The summed E-state index contributed by atoms with van der Waals surface area (Å²) in [4.78, 5) is 15.7. The fraction of sp³-hybridized carbons (Fsp3) is 0.462. The standard InChI is InChI=1S/C13H19N3O/c1-15(2)13(17)10-5-6-11(14)12(9-10)16-7-3-4-8-16/h5-6,9H,3-4,7-8,14H2,1-2H3. The van der Waals surface area contributed by atoms with Crippen LogP contribution in [0.1, 0.15) is 23.2 Å². The molecule has 17 heavy (non-hydrogen) atoms. The first-order valence-electron chi connectivity index (χ1n) is 5.95. The molecule has 1 aliphatic heterocycles. The molecule has 1 aromatic carbocycles. The van der Waals surface area contributed by atoms with Crippen LogP contribution in [0.25, 0.3) is 0 Å². The number of anilines is 2. The summed E-state index contributed by atoms with van der Waals surface area (Å²) < 4.78 is 0. The first-order valence-corrected chi connectivity index (χ1v) is 5.95. The number of nitrogen functional groups attached to an aromatic ring is 1. The maximum absolute atomic E-state index is 11.9. The SMILES string of the molecule is CN(C)C(=O)c1ccc(N)c(N2CCCC2)c1. The van der Waals surface area contributed by atoms with Crippen molar-refractivity contribution >= 4 is 17.3 Å². The van der Waals surface area contributed by atoms with Gasteiger partial charge in [0.1, 0.15) is 0 Å². The van der Waals surface area contributed by atoms with Crippen LogP contribution >= 0.6 is 0 Å². The minimum Gasteiger partial charge on any atom is -0.397 e. The summed E-state index contributed by atoms with van der Waals surface area (Å²) in [6, 6.07) is 5.52. The first kappa shape index (κ1) is 11.8. The van der Waals surface area contributed by atoms with Gasteiger partial charge in [0, 0.05) is 32.7 Å². The maximum Gasteiger partial charge on any atom is 0.253 e. The minimum absolute atomic E-state index is 0.0189. The van der Waals surface area contributed by atoms with E-state index >= 15 is 0 Å². The highest BCUT2D eigenvalue weighted by molar-refractivity contribution is 5.96. The highest BCUT2D eigenvalue weighted by Gasteiger charge is 2.17. The van der Waals surface area contributed by atoms with E-state index in [0.29, 0.717) is 5.56 Å². The highest BCUT2D eigenvalue weighted by atomic mass is 16.2. The van der Waals surface area contributed by atoms with Crippen LogP contribution in [0.5, 0.6) is 0 Å². The lowest BCUT2D eigenvalue weighted by molar-refractivity contribution is 0.0827. The molecule has 4 heteroatoms. The Labute approximate surface area is 102 Å². The van der Waals surface area contributed by atoms with Crippen LogP contribution in [-0.4, -0.2) is 38.0 Å². The lowest BCUT2D eigenvalue weighted by atomic mass is 10.1. The van der Waals surface area contributed by atoms with Crippen molar-refractivity contribution in [1.82, 2.24) is 4.90 Å². The highest BCUT2D eigenvalue weighted by Crippen LogP contribution is 2.28. The molecule has 0 aromatic heterocycles. The number of nitrogens with two attached hydrogens (primary N) is 1. The molecule has 1 aromatic rings. The number of amides is 1. The Morgan fingerprint density at radius 1 is 1.29 bits per heavy atom. The Bertz CT molecular complexity index is 423. The third-order valence-electron chi connectivity index (χ3n) is 3.13. The largest absolute Gasteiger partial charge is 0.397 e. The van der Waals surface area contributed by atoms with Crippen molar-refractivity contribution in [1.29, 1.82) is 0 Å². The molecular weight excluding hydrogens is 214 g/mol. The molecule has 92 valence electrons. The van der Waals surface area contributed by atoms with Gasteiger partial charge in [-0.3, -0.25) is 4.79 Å².